The molecule has 11 nitrogen and oxygen atoms in total. The normalized spacial score (nSPS) is 16.1. The minimum Gasteiger partial charge on any atom is -0.493 e. The van der Waals surface area contributed by atoms with E-state index in [4.69, 9.17) is 18.9 Å². The SMILES string of the molecule is COc1cc2nccc(Oc3ccc(N4C(=O)CN(c5cc(OCCN6CCN(C)CC6)cc(C(F)(F)F)c5)C4=O)cc3)c2cc1OC. The van der Waals surface area contributed by atoms with E-state index in [1.807, 2.05) is 7.05 Å². The van der Waals surface area contributed by atoms with Crippen LogP contribution < -0.4 is 28.7 Å². The van der Waals surface area contributed by atoms with Crippen molar-refractivity contribution < 1.29 is 41.7 Å². The Morgan fingerprint density at radius 1 is 0.812 bits per heavy atom. The summed E-state index contributed by atoms with van der Waals surface area (Å²) in [5.74, 6) is 1.29. The van der Waals surface area contributed by atoms with E-state index in [0.29, 0.717) is 40.4 Å². The highest BCUT2D eigenvalue weighted by Crippen LogP contribution is 2.39. The second-order valence-electron chi connectivity index (χ2n) is 11.4. The van der Waals surface area contributed by atoms with Crippen LogP contribution in [0.3, 0.4) is 0 Å². The van der Waals surface area contributed by atoms with Gasteiger partial charge in [0.2, 0.25) is 0 Å². The fraction of sp³-hybridized carbons (Fsp3) is 0.324. The molecular weight excluding hydrogens is 631 g/mol. The van der Waals surface area contributed by atoms with Crippen molar-refractivity contribution in [2.24, 2.45) is 0 Å². The summed E-state index contributed by atoms with van der Waals surface area (Å²) < 4.78 is 64.2. The van der Waals surface area contributed by atoms with Crippen molar-refractivity contribution in [3.8, 4) is 28.7 Å². The van der Waals surface area contributed by atoms with Crippen molar-refractivity contribution in [1.82, 2.24) is 14.8 Å². The Morgan fingerprint density at radius 2 is 1.52 bits per heavy atom. The molecule has 2 saturated heterocycles. The number of alkyl halides is 3. The molecule has 2 aliphatic rings. The number of carbonyl (C=O) groups excluding carboxylic acids is 2. The lowest BCUT2D eigenvalue weighted by Crippen LogP contribution is -2.45. The maximum atomic E-state index is 13.9. The highest BCUT2D eigenvalue weighted by atomic mass is 19.4. The van der Waals surface area contributed by atoms with Gasteiger partial charge in [0, 0.05) is 56.4 Å². The number of pyridine rings is 1. The minimum atomic E-state index is -4.69. The molecule has 14 heteroatoms. The lowest BCUT2D eigenvalue weighted by atomic mass is 10.1. The molecule has 6 rings (SSSR count). The van der Waals surface area contributed by atoms with Crippen molar-refractivity contribution in [1.29, 1.82) is 0 Å². The molecule has 0 saturated carbocycles. The van der Waals surface area contributed by atoms with E-state index in [1.54, 1.807) is 36.5 Å². The Balaban J connectivity index is 1.18. The predicted octanol–water partition coefficient (Wildman–Crippen LogP) is 5.66. The number of methoxy groups -OCH3 is 2. The molecule has 3 heterocycles. The number of anilines is 2. The van der Waals surface area contributed by atoms with Gasteiger partial charge < -0.3 is 23.8 Å². The number of halogens is 3. The number of likely N-dealkylation sites (N-methyl/N-ethyl adjacent to an activating group) is 1. The molecule has 0 N–H and O–H groups in total. The molecule has 2 aliphatic heterocycles. The number of imide groups is 1. The van der Waals surface area contributed by atoms with Gasteiger partial charge in [-0.25, -0.2) is 9.69 Å². The van der Waals surface area contributed by atoms with Gasteiger partial charge >= 0.3 is 12.2 Å². The van der Waals surface area contributed by atoms with E-state index in [1.165, 1.54) is 32.4 Å². The molecule has 0 bridgehead atoms. The molecule has 48 heavy (non-hydrogen) atoms. The van der Waals surface area contributed by atoms with Crippen LogP contribution in [0.25, 0.3) is 10.9 Å². The van der Waals surface area contributed by atoms with Crippen LogP contribution >= 0.6 is 0 Å². The molecule has 0 spiro atoms. The Kier molecular flexibility index (Phi) is 9.29. The third kappa shape index (κ3) is 6.94. The molecule has 0 radical (unpaired) electrons. The van der Waals surface area contributed by atoms with Gasteiger partial charge in [-0.1, -0.05) is 0 Å². The van der Waals surface area contributed by atoms with Crippen LogP contribution in [0.4, 0.5) is 29.3 Å². The Labute approximate surface area is 274 Å². The first kappa shape index (κ1) is 32.8. The van der Waals surface area contributed by atoms with Crippen LogP contribution in [0, 0.1) is 0 Å². The highest BCUT2D eigenvalue weighted by Gasteiger charge is 2.40. The van der Waals surface area contributed by atoms with Gasteiger partial charge in [0.15, 0.2) is 11.5 Å². The third-order valence-corrected chi connectivity index (χ3v) is 8.30. The number of rotatable bonds is 10. The third-order valence-electron chi connectivity index (χ3n) is 8.30. The zero-order chi connectivity index (χ0) is 34.0. The molecular formula is C34H34F3N5O6. The quantitative estimate of drug-likeness (QED) is 0.199. The first-order chi connectivity index (χ1) is 23.0. The maximum Gasteiger partial charge on any atom is 0.416 e. The van der Waals surface area contributed by atoms with Gasteiger partial charge in [0.05, 0.1) is 36.7 Å². The van der Waals surface area contributed by atoms with Crippen molar-refractivity contribution in [3.05, 3.63) is 72.4 Å². The molecule has 2 fully saturated rings. The van der Waals surface area contributed by atoms with Gasteiger partial charge in [0.1, 0.15) is 30.4 Å². The number of nitrogens with zero attached hydrogens (tertiary/aromatic N) is 5. The van der Waals surface area contributed by atoms with E-state index >= 15 is 0 Å². The minimum absolute atomic E-state index is 0.0335. The number of fused-ring (bicyclic) bond motifs is 1. The van der Waals surface area contributed by atoms with Crippen LogP contribution in [0.2, 0.25) is 0 Å². The van der Waals surface area contributed by atoms with Gasteiger partial charge in [-0.2, -0.15) is 13.2 Å². The maximum absolute atomic E-state index is 13.9. The summed E-state index contributed by atoms with van der Waals surface area (Å²) in [6.45, 7) is 3.77. The first-order valence-electron chi connectivity index (χ1n) is 15.2. The average Bonchev–Trinajstić information content (AvgIpc) is 3.38. The number of hydrogen-bond donors (Lipinski definition) is 0. The largest absolute Gasteiger partial charge is 0.493 e. The monoisotopic (exact) mass is 665 g/mol. The summed E-state index contributed by atoms with van der Waals surface area (Å²) in [4.78, 5) is 37.3. The fourth-order valence-corrected chi connectivity index (χ4v) is 5.63. The van der Waals surface area contributed by atoms with E-state index < -0.39 is 30.2 Å². The molecule has 0 atom stereocenters. The molecule has 4 aromatic rings. The number of piperazine rings is 1. The van der Waals surface area contributed by atoms with E-state index in [0.717, 1.165) is 48.1 Å². The molecule has 0 aliphatic carbocycles. The first-order valence-corrected chi connectivity index (χ1v) is 15.2. The van der Waals surface area contributed by atoms with Crippen LogP contribution in [-0.4, -0.2) is 93.9 Å². The molecule has 3 amide bonds. The number of aromatic nitrogens is 1. The van der Waals surface area contributed by atoms with Gasteiger partial charge in [-0.3, -0.25) is 19.6 Å². The number of amides is 3. The summed E-state index contributed by atoms with van der Waals surface area (Å²) in [7, 11) is 5.09. The smallest absolute Gasteiger partial charge is 0.416 e. The van der Waals surface area contributed by atoms with Gasteiger partial charge in [-0.05, 0) is 55.6 Å². The molecule has 0 unspecified atom stereocenters. The topological polar surface area (TPSA) is 96.9 Å². The summed E-state index contributed by atoms with van der Waals surface area (Å²) in [6.07, 6.45) is -3.10. The highest BCUT2D eigenvalue weighted by molar-refractivity contribution is 6.27. The molecule has 3 aromatic carbocycles. The predicted molar refractivity (Wildman–Crippen MR) is 172 cm³/mol. The Bertz CT molecular complexity index is 1810. The lowest BCUT2D eigenvalue weighted by molar-refractivity contribution is -0.137. The number of hydrogen-bond acceptors (Lipinski definition) is 9. The fourth-order valence-electron chi connectivity index (χ4n) is 5.63. The summed E-state index contributed by atoms with van der Waals surface area (Å²) in [6, 6.07) is 13.7. The number of ether oxygens (including phenoxy) is 4. The number of benzene rings is 3. The van der Waals surface area contributed by atoms with Crippen LogP contribution in [-0.2, 0) is 11.0 Å². The van der Waals surface area contributed by atoms with Crippen molar-refractivity contribution in [2.45, 2.75) is 6.18 Å². The lowest BCUT2D eigenvalue weighted by Gasteiger charge is -2.32. The second kappa shape index (κ2) is 13.6. The van der Waals surface area contributed by atoms with Crippen molar-refractivity contribution in [2.75, 3.05) is 76.9 Å². The zero-order valence-corrected chi connectivity index (χ0v) is 26.6. The zero-order valence-electron chi connectivity index (χ0n) is 26.6. The summed E-state index contributed by atoms with van der Waals surface area (Å²) in [5, 5.41) is 0.670. The molecule has 252 valence electrons. The average molecular weight is 666 g/mol. The van der Waals surface area contributed by atoms with E-state index in [-0.39, 0.29) is 23.7 Å². The molecule has 1 aromatic heterocycles. The van der Waals surface area contributed by atoms with Crippen LogP contribution in [0.15, 0.2) is 66.9 Å². The van der Waals surface area contributed by atoms with Gasteiger partial charge in [0.25, 0.3) is 5.91 Å². The van der Waals surface area contributed by atoms with Crippen molar-refractivity contribution >= 4 is 34.2 Å². The van der Waals surface area contributed by atoms with Gasteiger partial charge in [-0.15, -0.1) is 0 Å². The van der Waals surface area contributed by atoms with E-state index in [9.17, 15) is 22.8 Å². The van der Waals surface area contributed by atoms with Crippen LogP contribution in [0.1, 0.15) is 5.56 Å². The number of carbonyl (C=O) groups is 2. The second-order valence-corrected chi connectivity index (χ2v) is 11.4. The Morgan fingerprint density at radius 3 is 2.21 bits per heavy atom. The van der Waals surface area contributed by atoms with E-state index in [2.05, 4.69) is 14.8 Å². The summed E-state index contributed by atoms with van der Waals surface area (Å²) >= 11 is 0. The van der Waals surface area contributed by atoms with Crippen molar-refractivity contribution in [3.63, 3.8) is 0 Å². The number of urea groups is 1. The van der Waals surface area contributed by atoms with Crippen LogP contribution in [0.5, 0.6) is 28.7 Å². The standard InChI is InChI=1S/C34H34F3N5O6/c1-39-10-12-40(13-11-39)14-15-47-26-17-22(34(35,36)37)16-24(18-26)41-21-32(43)42(33(41)44)23-4-6-25(7-5-23)48-29-8-9-38-28-20-31(46-3)30(45-2)19-27(28)29/h4-9,16-20H,10-15,21H2,1-3H3. The Hall–Kier alpha value is -5.08. The summed E-state index contributed by atoms with van der Waals surface area (Å²) in [5.41, 5.74) is -0.207.